The fourth-order valence-corrected chi connectivity index (χ4v) is 3.12. The van der Waals surface area contributed by atoms with Gasteiger partial charge in [0.2, 0.25) is 0 Å². The molecule has 0 radical (unpaired) electrons. The average Bonchev–Trinajstić information content (AvgIpc) is 3.04. The van der Waals surface area contributed by atoms with Crippen LogP contribution in [0.3, 0.4) is 0 Å². The molecule has 0 fully saturated rings. The van der Waals surface area contributed by atoms with Gasteiger partial charge in [0.1, 0.15) is 11.9 Å². The number of nitrogens with zero attached hydrogens (tertiary/aromatic N) is 4. The first-order valence-corrected chi connectivity index (χ1v) is 7.95. The lowest BCUT2D eigenvalue weighted by atomic mass is 10.1. The van der Waals surface area contributed by atoms with Crippen molar-refractivity contribution >= 4 is 17.2 Å². The van der Waals surface area contributed by atoms with Gasteiger partial charge in [-0.05, 0) is 36.5 Å². The zero-order valence-electron chi connectivity index (χ0n) is 13.5. The number of hydrogen-bond donors (Lipinski definition) is 1. The summed E-state index contributed by atoms with van der Waals surface area (Å²) in [6.45, 7) is 0.471. The lowest BCUT2D eigenvalue weighted by Gasteiger charge is -2.25. The van der Waals surface area contributed by atoms with Crippen molar-refractivity contribution in [3.05, 3.63) is 48.8 Å². The highest BCUT2D eigenvalue weighted by atomic mass is 32.1. The molecule has 0 saturated heterocycles. The maximum Gasteiger partial charge on any atom is 0.332 e. The zero-order valence-corrected chi connectivity index (χ0v) is 14.3. The van der Waals surface area contributed by atoms with Crippen LogP contribution >= 0.6 is 11.3 Å². The van der Waals surface area contributed by atoms with Gasteiger partial charge in [-0.1, -0.05) is 0 Å². The summed E-state index contributed by atoms with van der Waals surface area (Å²) in [7, 11) is 6.82. The van der Waals surface area contributed by atoms with Gasteiger partial charge in [0, 0.05) is 20.6 Å². The summed E-state index contributed by atoms with van der Waals surface area (Å²) in [6.07, 6.45) is 0. The van der Waals surface area contributed by atoms with Crippen LogP contribution in [0.15, 0.2) is 26.4 Å². The first kappa shape index (κ1) is 17.0. The van der Waals surface area contributed by atoms with E-state index in [1.807, 2.05) is 36.5 Å². The van der Waals surface area contributed by atoms with Crippen molar-refractivity contribution in [3.8, 4) is 6.07 Å². The average molecular weight is 333 g/mol. The molecule has 2 rings (SSSR count). The van der Waals surface area contributed by atoms with Gasteiger partial charge in [0.05, 0.1) is 6.04 Å². The molecule has 0 saturated carbocycles. The van der Waals surface area contributed by atoms with Gasteiger partial charge >= 0.3 is 5.69 Å². The van der Waals surface area contributed by atoms with Crippen LogP contribution in [0.25, 0.3) is 0 Å². The molecule has 7 nitrogen and oxygen atoms in total. The highest BCUT2D eigenvalue weighted by Crippen LogP contribution is 2.21. The van der Waals surface area contributed by atoms with Crippen molar-refractivity contribution < 1.29 is 0 Å². The number of nitrogens with one attached hydrogen (secondary N) is 1. The summed E-state index contributed by atoms with van der Waals surface area (Å²) >= 11 is 1.61. The number of anilines is 1. The van der Waals surface area contributed by atoms with Crippen LogP contribution in [0.2, 0.25) is 0 Å². The van der Waals surface area contributed by atoms with E-state index in [1.165, 1.54) is 11.6 Å². The van der Waals surface area contributed by atoms with E-state index in [9.17, 15) is 14.9 Å². The van der Waals surface area contributed by atoms with Gasteiger partial charge in [0.25, 0.3) is 5.56 Å². The molecule has 2 aromatic rings. The molecule has 1 atom stereocenters. The van der Waals surface area contributed by atoms with E-state index >= 15 is 0 Å². The SMILES string of the molecule is CN(C)C(CNc1c(C#N)c(=O)n(C)c(=O)n1C)c1ccsc1. The van der Waals surface area contributed by atoms with Crippen LogP contribution in [0.5, 0.6) is 0 Å². The normalized spacial score (nSPS) is 12.2. The molecule has 0 spiro atoms. The third-order valence-electron chi connectivity index (χ3n) is 3.79. The Bertz CT molecular complexity index is 842. The minimum atomic E-state index is -0.588. The van der Waals surface area contributed by atoms with Crippen molar-refractivity contribution in [1.29, 1.82) is 5.26 Å². The van der Waals surface area contributed by atoms with Crippen LogP contribution in [-0.4, -0.2) is 34.7 Å². The second-order valence-electron chi connectivity index (χ2n) is 5.46. The van der Waals surface area contributed by atoms with Crippen LogP contribution < -0.4 is 16.6 Å². The van der Waals surface area contributed by atoms with E-state index in [2.05, 4.69) is 10.7 Å². The standard InChI is InChI=1S/C15H19N5O2S/c1-18(2)12(10-5-6-23-9-10)8-17-13-11(7-16)14(21)20(4)15(22)19(13)3/h5-6,9,12,17H,8H2,1-4H3. The second kappa shape index (κ2) is 6.81. The Labute approximate surface area is 138 Å². The third kappa shape index (κ3) is 3.21. The molecule has 0 aliphatic heterocycles. The van der Waals surface area contributed by atoms with Crippen LogP contribution in [0.4, 0.5) is 5.82 Å². The Morgan fingerprint density at radius 1 is 1.35 bits per heavy atom. The van der Waals surface area contributed by atoms with Crippen molar-refractivity contribution in [2.24, 2.45) is 14.1 Å². The van der Waals surface area contributed by atoms with Gasteiger partial charge in [-0.15, -0.1) is 0 Å². The predicted octanol–water partition coefficient (Wildman–Crippen LogP) is 0.732. The molecule has 8 heteroatoms. The molecule has 2 aromatic heterocycles. The number of thiophene rings is 1. The summed E-state index contributed by atoms with van der Waals surface area (Å²) in [5.74, 6) is 0.252. The zero-order chi connectivity index (χ0) is 17.1. The predicted molar refractivity (Wildman–Crippen MR) is 90.9 cm³/mol. The minimum absolute atomic E-state index is 0.0579. The fraction of sp³-hybridized carbons (Fsp3) is 0.400. The van der Waals surface area contributed by atoms with Crippen LogP contribution in [-0.2, 0) is 14.1 Å². The quantitative estimate of drug-likeness (QED) is 0.872. The Balaban J connectivity index is 2.39. The number of nitriles is 1. The second-order valence-corrected chi connectivity index (χ2v) is 6.24. The lowest BCUT2D eigenvalue weighted by molar-refractivity contribution is 0.312. The van der Waals surface area contributed by atoms with Crippen molar-refractivity contribution in [1.82, 2.24) is 14.0 Å². The van der Waals surface area contributed by atoms with E-state index in [4.69, 9.17) is 0 Å². The van der Waals surface area contributed by atoms with Crippen LogP contribution in [0.1, 0.15) is 17.2 Å². The first-order valence-electron chi connectivity index (χ1n) is 7.01. The molecule has 122 valence electrons. The van der Waals surface area contributed by atoms with Gasteiger partial charge in [-0.25, -0.2) is 4.79 Å². The van der Waals surface area contributed by atoms with E-state index in [0.29, 0.717) is 6.54 Å². The monoisotopic (exact) mass is 333 g/mol. The Hall–Kier alpha value is -2.37. The summed E-state index contributed by atoms with van der Waals surface area (Å²) in [4.78, 5) is 26.2. The van der Waals surface area contributed by atoms with Crippen molar-refractivity contribution in [3.63, 3.8) is 0 Å². The number of hydrogen-bond acceptors (Lipinski definition) is 6. The summed E-state index contributed by atoms with van der Waals surface area (Å²) < 4.78 is 2.23. The van der Waals surface area contributed by atoms with Crippen molar-refractivity contribution in [2.75, 3.05) is 26.0 Å². The molecule has 0 aromatic carbocycles. The van der Waals surface area contributed by atoms with Gasteiger partial charge in [0.15, 0.2) is 5.56 Å². The Morgan fingerprint density at radius 2 is 2.04 bits per heavy atom. The third-order valence-corrected chi connectivity index (χ3v) is 4.49. The fourth-order valence-electron chi connectivity index (χ4n) is 2.41. The van der Waals surface area contributed by atoms with E-state index in [-0.39, 0.29) is 17.4 Å². The van der Waals surface area contributed by atoms with E-state index < -0.39 is 11.2 Å². The maximum atomic E-state index is 12.1. The van der Waals surface area contributed by atoms with Gasteiger partial charge in [-0.2, -0.15) is 16.6 Å². The summed E-state index contributed by atoms with van der Waals surface area (Å²) in [5, 5.41) is 16.4. The molecule has 0 aliphatic carbocycles. The number of likely N-dealkylation sites (N-methyl/N-ethyl adjacent to an activating group) is 1. The molecule has 0 bridgehead atoms. The summed E-state index contributed by atoms with van der Waals surface area (Å²) in [5.41, 5.74) is 0.0285. The first-order chi connectivity index (χ1) is 10.9. The highest BCUT2D eigenvalue weighted by molar-refractivity contribution is 7.07. The molecule has 23 heavy (non-hydrogen) atoms. The number of aromatic nitrogens is 2. The maximum absolute atomic E-state index is 12.1. The topological polar surface area (TPSA) is 83.1 Å². The minimum Gasteiger partial charge on any atom is -0.368 e. The van der Waals surface area contributed by atoms with Crippen LogP contribution in [0, 0.1) is 11.3 Å². The summed E-state index contributed by atoms with van der Waals surface area (Å²) in [6, 6.07) is 3.99. The van der Waals surface area contributed by atoms with Gasteiger partial charge < -0.3 is 10.2 Å². The van der Waals surface area contributed by atoms with Crippen molar-refractivity contribution in [2.45, 2.75) is 6.04 Å². The molecular formula is C15H19N5O2S. The molecule has 0 amide bonds. The smallest absolute Gasteiger partial charge is 0.332 e. The molecule has 1 unspecified atom stereocenters. The Morgan fingerprint density at radius 3 is 2.57 bits per heavy atom. The largest absolute Gasteiger partial charge is 0.368 e. The molecular weight excluding hydrogens is 314 g/mol. The molecule has 0 aliphatic rings. The lowest BCUT2D eigenvalue weighted by Crippen LogP contribution is -2.40. The molecule has 1 N–H and O–H groups in total. The van der Waals surface area contributed by atoms with Gasteiger partial charge in [-0.3, -0.25) is 13.9 Å². The van der Waals surface area contributed by atoms with E-state index in [0.717, 1.165) is 10.1 Å². The molecule has 2 heterocycles. The number of rotatable bonds is 5. The Kier molecular flexibility index (Phi) is 5.03. The highest BCUT2D eigenvalue weighted by Gasteiger charge is 2.19. The van der Waals surface area contributed by atoms with E-state index in [1.54, 1.807) is 18.4 Å².